The van der Waals surface area contributed by atoms with Gasteiger partial charge in [0, 0.05) is 12.0 Å². The molecule has 4 nitrogen and oxygen atoms in total. The van der Waals surface area contributed by atoms with Gasteiger partial charge in [0.05, 0.1) is 6.04 Å². The molecule has 1 unspecified atom stereocenters. The molecule has 3 rings (SSSR count). The number of carbonyl (C=O) groups excluding carboxylic acids is 2. The first kappa shape index (κ1) is 20.3. The van der Waals surface area contributed by atoms with Gasteiger partial charge in [-0.2, -0.15) is 0 Å². The van der Waals surface area contributed by atoms with Crippen molar-refractivity contribution >= 4 is 11.9 Å². The number of ether oxygens (including phenoxy) is 1. The highest BCUT2D eigenvalue weighted by molar-refractivity contribution is 5.96. The Morgan fingerprint density at radius 1 is 0.828 bits per heavy atom. The predicted octanol–water partition coefficient (Wildman–Crippen LogP) is 5.49. The van der Waals surface area contributed by atoms with Gasteiger partial charge < -0.3 is 10.1 Å². The van der Waals surface area contributed by atoms with Gasteiger partial charge in [0.25, 0.3) is 0 Å². The maximum Gasteiger partial charge on any atom is 0.407 e. The highest BCUT2D eigenvalue weighted by Gasteiger charge is 2.20. The molecule has 0 spiro atoms. The second kappa shape index (κ2) is 10.2. The molecule has 3 aromatic rings. The van der Waals surface area contributed by atoms with Gasteiger partial charge in [-0.15, -0.1) is 0 Å². The summed E-state index contributed by atoms with van der Waals surface area (Å²) in [6, 6.07) is 26.1. The summed E-state index contributed by atoms with van der Waals surface area (Å²) in [7, 11) is 0. The van der Waals surface area contributed by atoms with E-state index in [2.05, 4.69) is 12.2 Å². The third kappa shape index (κ3) is 6.04. The summed E-state index contributed by atoms with van der Waals surface area (Å²) in [5.74, 6) is -0.0291. The van der Waals surface area contributed by atoms with Crippen LogP contribution in [0.25, 0.3) is 0 Å². The summed E-state index contributed by atoms with van der Waals surface area (Å²) in [6.07, 6.45) is 0.551. The van der Waals surface area contributed by atoms with Crippen molar-refractivity contribution in [3.05, 3.63) is 107 Å². The Morgan fingerprint density at radius 3 is 2.07 bits per heavy atom. The Labute approximate surface area is 171 Å². The van der Waals surface area contributed by atoms with Crippen LogP contribution < -0.4 is 5.32 Å². The molecule has 0 aliphatic rings. The molecule has 1 atom stereocenters. The fourth-order valence-corrected chi connectivity index (χ4v) is 3.07. The van der Waals surface area contributed by atoms with Gasteiger partial charge in [0.1, 0.15) is 6.61 Å². The fraction of sp³-hybridized carbons (Fsp3) is 0.200. The molecule has 1 amide bonds. The van der Waals surface area contributed by atoms with Gasteiger partial charge in [-0.25, -0.2) is 4.79 Å². The number of alkyl carbamates (subject to hydrolysis) is 1. The molecule has 0 bridgehead atoms. The maximum atomic E-state index is 12.7. The smallest absolute Gasteiger partial charge is 0.407 e. The van der Waals surface area contributed by atoms with Crippen LogP contribution in [-0.4, -0.2) is 11.9 Å². The Kier molecular flexibility index (Phi) is 7.17. The van der Waals surface area contributed by atoms with E-state index in [0.717, 1.165) is 17.5 Å². The molecule has 29 heavy (non-hydrogen) atoms. The molecular formula is C25H25NO3. The lowest BCUT2D eigenvalue weighted by Gasteiger charge is -2.19. The van der Waals surface area contributed by atoms with Gasteiger partial charge in [-0.05, 0) is 23.1 Å². The molecule has 3 aromatic carbocycles. The van der Waals surface area contributed by atoms with Crippen LogP contribution in [0.1, 0.15) is 46.4 Å². The number of aryl methyl sites for hydroxylation is 1. The topological polar surface area (TPSA) is 55.4 Å². The Hall–Kier alpha value is -3.40. The number of nitrogens with one attached hydrogen (secondary N) is 1. The zero-order valence-corrected chi connectivity index (χ0v) is 16.5. The summed E-state index contributed by atoms with van der Waals surface area (Å²) in [5.41, 5.74) is 3.62. The van der Waals surface area contributed by atoms with E-state index >= 15 is 0 Å². The first-order chi connectivity index (χ1) is 14.2. The van der Waals surface area contributed by atoms with Gasteiger partial charge in [-0.1, -0.05) is 91.9 Å². The lowest BCUT2D eigenvalue weighted by atomic mass is 9.97. The second-order valence-electron chi connectivity index (χ2n) is 6.85. The largest absolute Gasteiger partial charge is 0.445 e. The average Bonchev–Trinajstić information content (AvgIpc) is 2.78. The number of carbonyl (C=O) groups is 2. The van der Waals surface area contributed by atoms with Crippen molar-refractivity contribution in [1.29, 1.82) is 0 Å². The fourth-order valence-electron chi connectivity index (χ4n) is 3.07. The number of rotatable bonds is 8. The van der Waals surface area contributed by atoms with Gasteiger partial charge in [0.15, 0.2) is 5.78 Å². The highest BCUT2D eigenvalue weighted by Crippen LogP contribution is 2.21. The number of ketones is 1. The Balaban J connectivity index is 1.70. The van der Waals surface area contributed by atoms with E-state index in [1.807, 2.05) is 72.8 Å². The van der Waals surface area contributed by atoms with Crippen LogP contribution in [0.4, 0.5) is 4.79 Å². The van der Waals surface area contributed by atoms with Crippen LogP contribution in [0.3, 0.4) is 0 Å². The lowest BCUT2D eigenvalue weighted by Crippen LogP contribution is -2.30. The summed E-state index contributed by atoms with van der Waals surface area (Å²) in [6.45, 7) is 2.27. The van der Waals surface area contributed by atoms with Gasteiger partial charge in [-0.3, -0.25) is 4.79 Å². The van der Waals surface area contributed by atoms with E-state index < -0.39 is 12.1 Å². The van der Waals surface area contributed by atoms with Gasteiger partial charge >= 0.3 is 6.09 Å². The molecule has 0 aromatic heterocycles. The van der Waals surface area contributed by atoms with Crippen molar-refractivity contribution in [2.45, 2.75) is 32.4 Å². The van der Waals surface area contributed by atoms with E-state index in [-0.39, 0.29) is 18.8 Å². The van der Waals surface area contributed by atoms with Crippen LogP contribution in [0.15, 0.2) is 84.9 Å². The van der Waals surface area contributed by atoms with Crippen molar-refractivity contribution in [1.82, 2.24) is 5.32 Å². The second-order valence-corrected chi connectivity index (χ2v) is 6.85. The maximum absolute atomic E-state index is 12.7. The first-order valence-electron chi connectivity index (χ1n) is 9.80. The standard InChI is InChI=1S/C25H25NO3/c1-2-19-13-15-21(16-14-19)23(17-24(27)22-11-7-4-8-12-22)26-25(28)29-18-20-9-5-3-6-10-20/h3-16,23H,2,17-18H2,1H3,(H,26,28). The zero-order chi connectivity index (χ0) is 20.5. The number of Topliss-reactive ketones (excluding diaryl/α,β-unsaturated/α-hetero) is 1. The molecule has 4 heteroatoms. The molecule has 0 saturated carbocycles. The Morgan fingerprint density at radius 2 is 1.45 bits per heavy atom. The van der Waals surface area contributed by atoms with Crippen LogP contribution in [0.5, 0.6) is 0 Å². The minimum Gasteiger partial charge on any atom is -0.445 e. The molecule has 148 valence electrons. The van der Waals surface area contributed by atoms with Crippen LogP contribution in [0, 0.1) is 0 Å². The van der Waals surface area contributed by atoms with E-state index in [9.17, 15) is 9.59 Å². The molecule has 0 aliphatic heterocycles. The number of benzene rings is 3. The van der Waals surface area contributed by atoms with Gasteiger partial charge in [0.2, 0.25) is 0 Å². The highest BCUT2D eigenvalue weighted by atomic mass is 16.5. The lowest BCUT2D eigenvalue weighted by molar-refractivity contribution is 0.0963. The van der Waals surface area contributed by atoms with E-state index in [4.69, 9.17) is 4.74 Å². The summed E-state index contributed by atoms with van der Waals surface area (Å²) < 4.78 is 5.35. The first-order valence-corrected chi connectivity index (χ1v) is 9.80. The average molecular weight is 387 g/mol. The minimum absolute atomic E-state index is 0.0291. The molecular weight excluding hydrogens is 362 g/mol. The van der Waals surface area contributed by atoms with E-state index in [1.54, 1.807) is 12.1 Å². The van der Waals surface area contributed by atoms with Crippen LogP contribution >= 0.6 is 0 Å². The molecule has 0 fully saturated rings. The summed E-state index contributed by atoms with van der Waals surface area (Å²) in [5, 5.41) is 2.86. The molecule has 0 radical (unpaired) electrons. The SMILES string of the molecule is CCc1ccc(C(CC(=O)c2ccccc2)NC(=O)OCc2ccccc2)cc1. The summed E-state index contributed by atoms with van der Waals surface area (Å²) >= 11 is 0. The van der Waals surface area contributed by atoms with Crippen molar-refractivity contribution in [3.63, 3.8) is 0 Å². The monoisotopic (exact) mass is 387 g/mol. The van der Waals surface area contributed by atoms with Crippen LogP contribution in [0.2, 0.25) is 0 Å². The van der Waals surface area contributed by atoms with Crippen molar-refractivity contribution in [3.8, 4) is 0 Å². The molecule has 1 N–H and O–H groups in total. The zero-order valence-electron chi connectivity index (χ0n) is 16.5. The predicted molar refractivity (Wildman–Crippen MR) is 114 cm³/mol. The molecule has 0 aliphatic carbocycles. The van der Waals surface area contributed by atoms with Crippen molar-refractivity contribution < 1.29 is 14.3 Å². The molecule has 0 heterocycles. The van der Waals surface area contributed by atoms with E-state index in [1.165, 1.54) is 5.56 Å². The quantitative estimate of drug-likeness (QED) is 0.520. The number of hydrogen-bond acceptors (Lipinski definition) is 3. The van der Waals surface area contributed by atoms with Crippen molar-refractivity contribution in [2.75, 3.05) is 0 Å². The number of amides is 1. The third-order valence-corrected chi connectivity index (χ3v) is 4.78. The van der Waals surface area contributed by atoms with E-state index in [0.29, 0.717) is 5.56 Å². The Bertz CT molecular complexity index is 921. The van der Waals surface area contributed by atoms with Crippen molar-refractivity contribution in [2.24, 2.45) is 0 Å². The summed E-state index contributed by atoms with van der Waals surface area (Å²) in [4.78, 5) is 25.1. The third-order valence-electron chi connectivity index (χ3n) is 4.78. The minimum atomic E-state index is -0.542. The molecule has 0 saturated heterocycles. The van der Waals surface area contributed by atoms with Crippen LogP contribution in [-0.2, 0) is 17.8 Å². The normalized spacial score (nSPS) is 11.5. The number of hydrogen-bond donors (Lipinski definition) is 1.